The summed E-state index contributed by atoms with van der Waals surface area (Å²) in [5.41, 5.74) is 3.93. The minimum absolute atomic E-state index is 0.196. The van der Waals surface area contributed by atoms with Gasteiger partial charge in [0.2, 0.25) is 0 Å². The van der Waals surface area contributed by atoms with Crippen LogP contribution >= 0.6 is 7.92 Å². The third-order valence-corrected chi connectivity index (χ3v) is 9.21. The van der Waals surface area contributed by atoms with Gasteiger partial charge in [-0.05, 0) is 68.5 Å². The number of imidazole rings is 1. The molecule has 4 heteroatoms. The number of hydrogen-bond acceptors (Lipinski definition) is 1. The van der Waals surface area contributed by atoms with Gasteiger partial charge in [-0.25, -0.2) is 4.79 Å². The molecule has 2 aromatic rings. The summed E-state index contributed by atoms with van der Waals surface area (Å²) in [6, 6.07) is 5.03. The smallest absolute Gasteiger partial charge is 0.294 e. The average Bonchev–Trinajstić information content (AvgIpc) is 2.92. The second-order valence-electron chi connectivity index (χ2n) is 8.98. The summed E-state index contributed by atoms with van der Waals surface area (Å²) in [5, 5.41) is 1.48. The summed E-state index contributed by atoms with van der Waals surface area (Å²) in [7, 11) is 1.80. The number of fused-ring (bicyclic) bond motifs is 1. The molecule has 3 rings (SSSR count). The Balaban J connectivity index is 2.14. The molecule has 1 aromatic heterocycles. The van der Waals surface area contributed by atoms with Crippen LogP contribution in [0, 0.1) is 12.8 Å². The molecule has 1 heterocycles. The Morgan fingerprint density at radius 2 is 1.79 bits per heavy atom. The summed E-state index contributed by atoms with van der Waals surface area (Å²) in [5.74, 6) is 0.719. The van der Waals surface area contributed by atoms with Crippen LogP contribution in [0.3, 0.4) is 0 Å². The van der Waals surface area contributed by atoms with E-state index in [1.807, 2.05) is 11.6 Å². The van der Waals surface area contributed by atoms with Gasteiger partial charge in [-0.3, -0.25) is 9.13 Å². The van der Waals surface area contributed by atoms with E-state index in [1.54, 1.807) is 0 Å². The number of hydrogen-bond donors (Lipinski definition) is 0. The van der Waals surface area contributed by atoms with Crippen molar-refractivity contribution in [1.82, 2.24) is 9.13 Å². The SMILES string of the molecule is CCCCP(CCCC)c1cc(C)cc2c1n(C)c(=O)n2[C@@H]1CCC[C@H](C)C1. The maximum absolute atomic E-state index is 13.3. The van der Waals surface area contributed by atoms with Gasteiger partial charge in [0.15, 0.2) is 0 Å². The third-order valence-electron chi connectivity index (χ3n) is 6.48. The van der Waals surface area contributed by atoms with Gasteiger partial charge in [-0.2, -0.15) is 0 Å². The van der Waals surface area contributed by atoms with Crippen LogP contribution < -0.4 is 11.0 Å². The lowest BCUT2D eigenvalue weighted by atomic mass is 9.87. The predicted octanol–water partition coefficient (Wildman–Crippen LogP) is 6.11. The van der Waals surface area contributed by atoms with Gasteiger partial charge in [0.25, 0.3) is 0 Å². The van der Waals surface area contributed by atoms with Crippen molar-refractivity contribution in [3.05, 3.63) is 28.2 Å². The first-order valence-electron chi connectivity index (χ1n) is 11.4. The van der Waals surface area contributed by atoms with Crippen molar-refractivity contribution >= 4 is 24.3 Å². The predicted molar refractivity (Wildman–Crippen MR) is 125 cm³/mol. The van der Waals surface area contributed by atoms with Crippen LogP contribution in [0.5, 0.6) is 0 Å². The Morgan fingerprint density at radius 1 is 1.11 bits per heavy atom. The van der Waals surface area contributed by atoms with Gasteiger partial charge >= 0.3 is 5.69 Å². The van der Waals surface area contributed by atoms with Crippen molar-refractivity contribution in [2.45, 2.75) is 85.1 Å². The monoisotopic (exact) mass is 402 g/mol. The molecule has 0 amide bonds. The third kappa shape index (κ3) is 4.40. The largest absolute Gasteiger partial charge is 0.329 e. The number of unbranched alkanes of at least 4 members (excludes halogenated alkanes) is 2. The molecule has 1 saturated carbocycles. The standard InChI is InChI=1S/C24H39N2OP/c1-6-8-13-28(14-9-7-2)22-17-19(4)16-21-23(22)25(5)24(27)26(21)20-12-10-11-18(3)15-20/h16-18,20H,6-15H2,1-5H3/t18-,20+/m0/s1. The first-order valence-corrected chi connectivity index (χ1v) is 13.2. The van der Waals surface area contributed by atoms with Crippen LogP contribution in [-0.2, 0) is 7.05 Å². The van der Waals surface area contributed by atoms with Crippen LogP contribution in [0.25, 0.3) is 11.0 Å². The van der Waals surface area contributed by atoms with E-state index in [0.717, 1.165) is 18.8 Å². The second kappa shape index (κ2) is 9.61. The molecule has 0 unspecified atom stereocenters. The minimum atomic E-state index is -0.198. The summed E-state index contributed by atoms with van der Waals surface area (Å²) in [6.07, 6.45) is 12.5. The highest BCUT2D eigenvalue weighted by atomic mass is 31.1. The van der Waals surface area contributed by atoms with Crippen LogP contribution in [0.4, 0.5) is 0 Å². The first-order chi connectivity index (χ1) is 13.5. The molecule has 0 saturated heterocycles. The van der Waals surface area contributed by atoms with Gasteiger partial charge in [0.05, 0.1) is 11.0 Å². The molecule has 28 heavy (non-hydrogen) atoms. The molecule has 1 aliphatic carbocycles. The first kappa shape index (κ1) is 21.6. The van der Waals surface area contributed by atoms with Crippen LogP contribution in [0.2, 0.25) is 0 Å². The molecule has 3 nitrogen and oxygen atoms in total. The molecule has 0 radical (unpaired) electrons. The Bertz CT molecular complexity index is 842. The summed E-state index contributed by atoms with van der Waals surface area (Å²) < 4.78 is 4.13. The zero-order chi connectivity index (χ0) is 20.3. The average molecular weight is 403 g/mol. The van der Waals surface area contributed by atoms with Crippen molar-refractivity contribution in [3.63, 3.8) is 0 Å². The lowest BCUT2D eigenvalue weighted by molar-refractivity contribution is 0.281. The number of benzene rings is 1. The van der Waals surface area contributed by atoms with Gasteiger partial charge in [0.1, 0.15) is 0 Å². The number of aromatic nitrogens is 2. The van der Waals surface area contributed by atoms with Crippen molar-refractivity contribution in [2.24, 2.45) is 13.0 Å². The van der Waals surface area contributed by atoms with E-state index in [2.05, 4.69) is 44.4 Å². The fourth-order valence-corrected chi connectivity index (χ4v) is 7.96. The molecule has 1 aromatic carbocycles. The summed E-state index contributed by atoms with van der Waals surface area (Å²) >= 11 is 0. The lowest BCUT2D eigenvalue weighted by Gasteiger charge is -2.28. The molecule has 0 aliphatic heterocycles. The van der Waals surface area contributed by atoms with Gasteiger partial charge in [0, 0.05) is 18.4 Å². The number of aryl methyl sites for hydroxylation is 2. The van der Waals surface area contributed by atoms with E-state index < -0.39 is 0 Å². The van der Waals surface area contributed by atoms with E-state index in [4.69, 9.17) is 0 Å². The molecule has 0 spiro atoms. The van der Waals surface area contributed by atoms with Gasteiger partial charge in [-0.15, -0.1) is 0 Å². The molecular weight excluding hydrogens is 363 g/mol. The van der Waals surface area contributed by atoms with Gasteiger partial charge < -0.3 is 0 Å². The Kier molecular flexibility index (Phi) is 7.42. The summed E-state index contributed by atoms with van der Waals surface area (Å²) in [6.45, 7) is 9.13. The maximum Gasteiger partial charge on any atom is 0.329 e. The van der Waals surface area contributed by atoms with Crippen molar-refractivity contribution in [2.75, 3.05) is 12.3 Å². The Labute approximate surface area is 172 Å². The molecule has 0 bridgehead atoms. The Morgan fingerprint density at radius 3 is 2.39 bits per heavy atom. The minimum Gasteiger partial charge on any atom is -0.294 e. The fourth-order valence-electron chi connectivity index (χ4n) is 4.91. The highest BCUT2D eigenvalue weighted by molar-refractivity contribution is 7.66. The highest BCUT2D eigenvalue weighted by Gasteiger charge is 2.27. The van der Waals surface area contributed by atoms with Gasteiger partial charge in [-0.1, -0.05) is 54.4 Å². The van der Waals surface area contributed by atoms with E-state index in [-0.39, 0.29) is 13.6 Å². The topological polar surface area (TPSA) is 26.9 Å². The normalized spacial score (nSPS) is 20.4. The van der Waals surface area contributed by atoms with E-state index in [0.29, 0.717) is 6.04 Å². The quantitative estimate of drug-likeness (QED) is 0.490. The van der Waals surface area contributed by atoms with Crippen LogP contribution in [0.15, 0.2) is 16.9 Å². The van der Waals surface area contributed by atoms with E-state index in [1.165, 1.54) is 72.8 Å². The van der Waals surface area contributed by atoms with Crippen LogP contribution in [-0.4, -0.2) is 21.5 Å². The number of nitrogens with zero attached hydrogens (tertiary/aromatic N) is 2. The van der Waals surface area contributed by atoms with Crippen molar-refractivity contribution in [1.29, 1.82) is 0 Å². The van der Waals surface area contributed by atoms with Crippen molar-refractivity contribution < 1.29 is 0 Å². The fraction of sp³-hybridized carbons (Fsp3) is 0.708. The zero-order valence-corrected chi connectivity index (χ0v) is 19.5. The zero-order valence-electron chi connectivity index (χ0n) is 18.6. The van der Waals surface area contributed by atoms with Crippen molar-refractivity contribution in [3.8, 4) is 0 Å². The maximum atomic E-state index is 13.3. The second-order valence-corrected chi connectivity index (χ2v) is 11.4. The van der Waals surface area contributed by atoms with E-state index >= 15 is 0 Å². The molecule has 1 aliphatic rings. The molecule has 2 atom stereocenters. The summed E-state index contributed by atoms with van der Waals surface area (Å²) in [4.78, 5) is 13.3. The highest BCUT2D eigenvalue weighted by Crippen LogP contribution is 2.40. The molecule has 0 N–H and O–H groups in total. The molecule has 156 valence electrons. The van der Waals surface area contributed by atoms with E-state index in [9.17, 15) is 4.79 Å². The molecular formula is C24H39N2OP. The number of rotatable bonds is 8. The van der Waals surface area contributed by atoms with Crippen LogP contribution in [0.1, 0.15) is 83.7 Å². The Hall–Kier alpha value is -1.08. The lowest BCUT2D eigenvalue weighted by Crippen LogP contribution is -2.29. The molecule has 1 fully saturated rings.